The van der Waals surface area contributed by atoms with Crippen LogP contribution in [0.25, 0.3) is 5.69 Å². The highest BCUT2D eigenvalue weighted by atomic mass is 35.5. The highest BCUT2D eigenvalue weighted by Crippen LogP contribution is 2.18. The number of hydrogen-bond acceptors (Lipinski definition) is 5. The first-order valence-corrected chi connectivity index (χ1v) is 10.5. The molecule has 1 N–H and O–H groups in total. The third-order valence-electron chi connectivity index (χ3n) is 4.94. The van der Waals surface area contributed by atoms with Gasteiger partial charge in [0.05, 0.1) is 12.2 Å². The molecule has 32 heavy (non-hydrogen) atoms. The zero-order valence-electron chi connectivity index (χ0n) is 18.6. The Morgan fingerprint density at radius 2 is 1.88 bits per heavy atom. The Hall–Kier alpha value is -3.23. The molecule has 0 spiro atoms. The number of benzene rings is 2. The monoisotopic (exact) mass is 455 g/mol. The third-order valence-corrected chi connectivity index (χ3v) is 5.35. The summed E-state index contributed by atoms with van der Waals surface area (Å²) in [6.07, 6.45) is 0. The zero-order valence-corrected chi connectivity index (χ0v) is 19.3. The second-order valence-corrected chi connectivity index (χ2v) is 8.32. The van der Waals surface area contributed by atoms with Crippen LogP contribution in [0.1, 0.15) is 27.2 Å². The molecule has 2 aromatic carbocycles. The second kappa shape index (κ2) is 9.93. The lowest BCUT2D eigenvalue weighted by Crippen LogP contribution is -2.46. The fourth-order valence-electron chi connectivity index (χ4n) is 3.15. The van der Waals surface area contributed by atoms with Crippen molar-refractivity contribution in [1.29, 1.82) is 0 Å². The molecule has 0 aliphatic carbocycles. The SMILES string of the molecule is Cc1cccc(Cn2c(=O)c(C(=O)NCCN(C)C)nn(-c3ccc(C)c(Cl)c3)c2=O)c1. The largest absolute Gasteiger partial charge is 0.352 e. The lowest BCUT2D eigenvalue weighted by molar-refractivity contribution is 0.0941. The van der Waals surface area contributed by atoms with Crippen LogP contribution < -0.4 is 16.6 Å². The first-order valence-electron chi connectivity index (χ1n) is 10.2. The van der Waals surface area contributed by atoms with Gasteiger partial charge in [0, 0.05) is 18.1 Å². The van der Waals surface area contributed by atoms with Crippen molar-refractivity contribution >= 4 is 17.5 Å². The molecule has 9 heteroatoms. The molecular weight excluding hydrogens is 430 g/mol. The fourth-order valence-corrected chi connectivity index (χ4v) is 3.32. The van der Waals surface area contributed by atoms with Crippen molar-refractivity contribution in [3.63, 3.8) is 0 Å². The molecular formula is C23H26ClN5O3. The summed E-state index contributed by atoms with van der Waals surface area (Å²) in [5.41, 5.74) is 1.21. The van der Waals surface area contributed by atoms with Crippen LogP contribution in [0.15, 0.2) is 52.1 Å². The van der Waals surface area contributed by atoms with Crippen LogP contribution in [-0.2, 0) is 6.54 Å². The van der Waals surface area contributed by atoms with E-state index in [-0.39, 0.29) is 12.2 Å². The lowest BCUT2D eigenvalue weighted by Gasteiger charge is -2.14. The predicted octanol–water partition coefficient (Wildman–Crippen LogP) is 2.00. The summed E-state index contributed by atoms with van der Waals surface area (Å²) in [7, 11) is 3.75. The molecule has 168 valence electrons. The van der Waals surface area contributed by atoms with Crippen LogP contribution in [0.4, 0.5) is 0 Å². The van der Waals surface area contributed by atoms with Gasteiger partial charge in [-0.15, -0.1) is 0 Å². The average Bonchev–Trinajstić information content (AvgIpc) is 2.73. The van der Waals surface area contributed by atoms with E-state index in [1.54, 1.807) is 18.2 Å². The number of nitrogens with one attached hydrogen (secondary N) is 1. The Balaban J connectivity index is 2.14. The minimum atomic E-state index is -0.742. The summed E-state index contributed by atoms with van der Waals surface area (Å²) >= 11 is 6.24. The van der Waals surface area contributed by atoms with E-state index in [0.29, 0.717) is 23.8 Å². The Labute approximate surface area is 191 Å². The van der Waals surface area contributed by atoms with Crippen molar-refractivity contribution in [1.82, 2.24) is 24.6 Å². The summed E-state index contributed by atoms with van der Waals surface area (Å²) in [6, 6.07) is 12.5. The summed E-state index contributed by atoms with van der Waals surface area (Å²) in [5.74, 6) is -0.637. The molecule has 0 fully saturated rings. The van der Waals surface area contributed by atoms with Crippen LogP contribution in [0.2, 0.25) is 5.02 Å². The molecule has 3 aromatic rings. The van der Waals surface area contributed by atoms with Gasteiger partial charge in [0.15, 0.2) is 0 Å². The average molecular weight is 456 g/mol. The maximum atomic E-state index is 13.2. The molecule has 0 radical (unpaired) electrons. The number of amides is 1. The first kappa shape index (κ1) is 23.4. The van der Waals surface area contributed by atoms with Crippen molar-refractivity contribution in [3.8, 4) is 5.69 Å². The Morgan fingerprint density at radius 1 is 1.12 bits per heavy atom. The zero-order chi connectivity index (χ0) is 23.4. The van der Waals surface area contributed by atoms with E-state index in [4.69, 9.17) is 11.6 Å². The van der Waals surface area contributed by atoms with E-state index < -0.39 is 17.2 Å². The molecule has 0 aliphatic rings. The summed E-state index contributed by atoms with van der Waals surface area (Å²) < 4.78 is 2.07. The van der Waals surface area contributed by atoms with Gasteiger partial charge < -0.3 is 10.2 Å². The van der Waals surface area contributed by atoms with E-state index >= 15 is 0 Å². The topological polar surface area (TPSA) is 89.2 Å². The number of halogens is 1. The van der Waals surface area contributed by atoms with Gasteiger partial charge in [-0.25, -0.2) is 4.79 Å². The number of carbonyl (C=O) groups is 1. The predicted molar refractivity (Wildman–Crippen MR) is 125 cm³/mol. The van der Waals surface area contributed by atoms with Crippen LogP contribution in [0.5, 0.6) is 0 Å². The quantitative estimate of drug-likeness (QED) is 0.588. The highest BCUT2D eigenvalue weighted by Gasteiger charge is 2.20. The van der Waals surface area contributed by atoms with E-state index in [2.05, 4.69) is 10.4 Å². The van der Waals surface area contributed by atoms with E-state index in [9.17, 15) is 14.4 Å². The number of carbonyl (C=O) groups excluding carboxylic acids is 1. The standard InChI is InChI=1S/C23H26ClN5O3/c1-15-6-5-7-17(12-15)14-28-22(31)20(21(30)25-10-11-27(3)4)26-29(23(28)32)18-9-8-16(2)19(24)13-18/h5-9,12-13H,10-11,14H2,1-4H3,(H,25,30). The molecule has 3 rings (SSSR count). The molecule has 0 aliphatic heterocycles. The van der Waals surface area contributed by atoms with Crippen molar-refractivity contribution < 1.29 is 4.79 Å². The van der Waals surface area contributed by atoms with Crippen molar-refractivity contribution in [3.05, 3.63) is 90.7 Å². The van der Waals surface area contributed by atoms with E-state index in [0.717, 1.165) is 25.9 Å². The number of hydrogen-bond donors (Lipinski definition) is 1. The van der Waals surface area contributed by atoms with Gasteiger partial charge in [0.25, 0.3) is 11.5 Å². The molecule has 0 saturated heterocycles. The molecule has 8 nitrogen and oxygen atoms in total. The number of rotatable bonds is 7. The Morgan fingerprint density at radius 3 is 2.53 bits per heavy atom. The highest BCUT2D eigenvalue weighted by molar-refractivity contribution is 6.31. The van der Waals surface area contributed by atoms with Gasteiger partial charge in [-0.2, -0.15) is 9.78 Å². The Kier molecular flexibility index (Phi) is 7.27. The number of aromatic nitrogens is 3. The van der Waals surface area contributed by atoms with E-state index in [1.165, 1.54) is 0 Å². The molecule has 0 atom stereocenters. The third kappa shape index (κ3) is 5.33. The molecule has 0 bridgehead atoms. The summed E-state index contributed by atoms with van der Waals surface area (Å²) in [6.45, 7) is 4.70. The lowest BCUT2D eigenvalue weighted by atomic mass is 10.1. The van der Waals surface area contributed by atoms with Gasteiger partial charge in [-0.3, -0.25) is 14.2 Å². The number of likely N-dealkylation sites (N-methyl/N-ethyl adjacent to an activating group) is 1. The number of aryl methyl sites for hydroxylation is 2. The minimum Gasteiger partial charge on any atom is -0.349 e. The smallest absolute Gasteiger partial charge is 0.349 e. The van der Waals surface area contributed by atoms with Crippen molar-refractivity contribution in [2.45, 2.75) is 20.4 Å². The second-order valence-electron chi connectivity index (χ2n) is 7.92. The van der Waals surface area contributed by atoms with Gasteiger partial charge in [0.2, 0.25) is 5.69 Å². The normalized spacial score (nSPS) is 11.1. The molecule has 1 amide bonds. The number of nitrogens with zero attached hydrogens (tertiary/aromatic N) is 4. The van der Waals surface area contributed by atoms with Crippen molar-refractivity contribution in [2.75, 3.05) is 27.2 Å². The van der Waals surface area contributed by atoms with Crippen LogP contribution in [0, 0.1) is 13.8 Å². The maximum Gasteiger partial charge on any atom is 0.352 e. The molecule has 0 saturated carbocycles. The maximum absolute atomic E-state index is 13.2. The van der Waals surface area contributed by atoms with Gasteiger partial charge >= 0.3 is 5.69 Å². The Bertz CT molecular complexity index is 1260. The minimum absolute atomic E-state index is 0.0133. The van der Waals surface area contributed by atoms with Crippen LogP contribution in [-0.4, -0.2) is 52.3 Å². The van der Waals surface area contributed by atoms with Gasteiger partial charge in [0.1, 0.15) is 0 Å². The first-order chi connectivity index (χ1) is 15.2. The van der Waals surface area contributed by atoms with Gasteiger partial charge in [-0.1, -0.05) is 47.5 Å². The van der Waals surface area contributed by atoms with E-state index in [1.807, 2.05) is 57.1 Å². The van der Waals surface area contributed by atoms with Crippen LogP contribution in [0.3, 0.4) is 0 Å². The summed E-state index contributed by atoms with van der Waals surface area (Å²) in [5, 5.41) is 7.26. The summed E-state index contributed by atoms with van der Waals surface area (Å²) in [4.78, 5) is 41.0. The van der Waals surface area contributed by atoms with Gasteiger partial charge in [-0.05, 0) is 51.2 Å². The molecule has 0 unspecified atom stereocenters. The fraction of sp³-hybridized carbons (Fsp3) is 0.304. The molecule has 1 heterocycles. The molecule has 1 aromatic heterocycles. The van der Waals surface area contributed by atoms with Crippen molar-refractivity contribution in [2.24, 2.45) is 0 Å². The van der Waals surface area contributed by atoms with Crippen LogP contribution >= 0.6 is 11.6 Å².